The third kappa shape index (κ3) is 5.29. The van der Waals surface area contributed by atoms with E-state index in [1.165, 1.54) is 5.56 Å². The van der Waals surface area contributed by atoms with Crippen molar-refractivity contribution in [1.29, 1.82) is 0 Å². The molecule has 0 bridgehead atoms. The van der Waals surface area contributed by atoms with Crippen LogP contribution in [0.25, 0.3) is 0 Å². The fourth-order valence-electron chi connectivity index (χ4n) is 2.59. The average molecular weight is 342 g/mol. The van der Waals surface area contributed by atoms with E-state index >= 15 is 0 Å². The number of carbonyl (C=O) groups is 1. The van der Waals surface area contributed by atoms with E-state index in [0.29, 0.717) is 18.7 Å². The van der Waals surface area contributed by atoms with Crippen molar-refractivity contribution in [3.8, 4) is 5.75 Å². The highest BCUT2D eigenvalue weighted by Gasteiger charge is 2.22. The maximum Gasteiger partial charge on any atom is 0.261 e. The number of aromatic nitrogens is 1. The van der Waals surface area contributed by atoms with Crippen LogP contribution >= 0.6 is 0 Å². The normalized spacial score (nSPS) is 11.8. The summed E-state index contributed by atoms with van der Waals surface area (Å²) in [6.07, 6.45) is 4.10. The monoisotopic (exact) mass is 342 g/mol. The Morgan fingerprint density at radius 2 is 2.08 bits per heavy atom. The van der Waals surface area contributed by atoms with E-state index in [-0.39, 0.29) is 25.2 Å². The molecule has 0 saturated heterocycles. The number of hydrogen-bond acceptors (Lipinski definition) is 4. The molecule has 25 heavy (non-hydrogen) atoms. The molecule has 0 aliphatic rings. The molecule has 5 nitrogen and oxygen atoms in total. The lowest BCUT2D eigenvalue weighted by molar-refractivity contribution is -0.137. The molecule has 5 heteroatoms. The molecular weight excluding hydrogens is 316 g/mol. The van der Waals surface area contributed by atoms with E-state index in [4.69, 9.17) is 4.74 Å². The summed E-state index contributed by atoms with van der Waals surface area (Å²) in [5.41, 5.74) is 3.23. The zero-order chi connectivity index (χ0) is 18.2. The minimum absolute atomic E-state index is 0.0563. The van der Waals surface area contributed by atoms with Crippen LogP contribution in [-0.4, -0.2) is 40.2 Å². The van der Waals surface area contributed by atoms with Crippen LogP contribution in [0.1, 0.15) is 30.0 Å². The van der Waals surface area contributed by atoms with E-state index in [2.05, 4.69) is 4.98 Å². The molecule has 0 aliphatic heterocycles. The van der Waals surface area contributed by atoms with Gasteiger partial charge in [-0.15, -0.1) is 0 Å². The third-order valence-corrected chi connectivity index (χ3v) is 4.36. The second kappa shape index (κ2) is 9.18. The van der Waals surface area contributed by atoms with Crippen molar-refractivity contribution in [2.45, 2.75) is 39.8 Å². The number of nitrogens with zero attached hydrogens (tertiary/aromatic N) is 2. The highest BCUT2D eigenvalue weighted by atomic mass is 16.5. The molecule has 0 aliphatic carbocycles. The number of pyridine rings is 1. The molecule has 1 aromatic heterocycles. The molecule has 2 aromatic rings. The second-order valence-corrected chi connectivity index (χ2v) is 6.16. The molecule has 0 unspecified atom stereocenters. The van der Waals surface area contributed by atoms with Crippen molar-refractivity contribution < 1.29 is 14.6 Å². The first-order chi connectivity index (χ1) is 12.0. The van der Waals surface area contributed by atoms with Gasteiger partial charge < -0.3 is 14.7 Å². The number of aryl methyl sites for hydroxylation is 2. The Kier molecular flexibility index (Phi) is 6.95. The van der Waals surface area contributed by atoms with Crippen LogP contribution in [-0.2, 0) is 11.3 Å². The van der Waals surface area contributed by atoms with E-state index < -0.39 is 0 Å². The van der Waals surface area contributed by atoms with E-state index in [9.17, 15) is 9.90 Å². The van der Waals surface area contributed by atoms with Crippen LogP contribution in [0.5, 0.6) is 5.75 Å². The molecule has 1 heterocycles. The Labute approximate surface area is 149 Å². The second-order valence-electron chi connectivity index (χ2n) is 6.16. The van der Waals surface area contributed by atoms with Crippen LogP contribution in [0.15, 0.2) is 42.7 Å². The standard InChI is InChI=1S/C20H26N2O3/c1-4-18(13-23)22(12-17-6-5-9-21-11-17)20(24)14-25-19-8-7-15(2)16(3)10-19/h5-11,18,23H,4,12-14H2,1-3H3/t18-/m0/s1. The average Bonchev–Trinajstić information content (AvgIpc) is 2.63. The largest absolute Gasteiger partial charge is 0.484 e. The summed E-state index contributed by atoms with van der Waals surface area (Å²) >= 11 is 0. The number of aliphatic hydroxyl groups excluding tert-OH is 1. The molecule has 0 fully saturated rings. The zero-order valence-corrected chi connectivity index (χ0v) is 15.1. The Morgan fingerprint density at radius 3 is 2.68 bits per heavy atom. The number of rotatable bonds is 8. The van der Waals surface area contributed by atoms with Gasteiger partial charge in [-0.05, 0) is 55.2 Å². The van der Waals surface area contributed by atoms with Gasteiger partial charge in [0.05, 0.1) is 12.6 Å². The van der Waals surface area contributed by atoms with Crippen LogP contribution < -0.4 is 4.74 Å². The molecule has 2 rings (SSSR count). The number of amides is 1. The van der Waals surface area contributed by atoms with E-state index in [0.717, 1.165) is 11.1 Å². The van der Waals surface area contributed by atoms with Gasteiger partial charge in [0.1, 0.15) is 5.75 Å². The SMILES string of the molecule is CC[C@@H](CO)N(Cc1cccnc1)C(=O)COc1ccc(C)c(C)c1. The lowest BCUT2D eigenvalue weighted by Gasteiger charge is -2.30. The molecule has 0 saturated carbocycles. The maximum atomic E-state index is 12.7. The summed E-state index contributed by atoms with van der Waals surface area (Å²) in [7, 11) is 0. The predicted molar refractivity (Wildman–Crippen MR) is 97.4 cm³/mol. The van der Waals surface area contributed by atoms with Gasteiger partial charge in [-0.2, -0.15) is 0 Å². The van der Waals surface area contributed by atoms with Gasteiger partial charge >= 0.3 is 0 Å². The summed E-state index contributed by atoms with van der Waals surface area (Å²) in [4.78, 5) is 18.5. The smallest absolute Gasteiger partial charge is 0.261 e. The maximum absolute atomic E-state index is 12.7. The summed E-state index contributed by atoms with van der Waals surface area (Å²) in [5.74, 6) is 0.526. The molecular formula is C20H26N2O3. The third-order valence-electron chi connectivity index (χ3n) is 4.36. The first kappa shape index (κ1) is 18.9. The van der Waals surface area contributed by atoms with E-state index in [1.54, 1.807) is 17.3 Å². The first-order valence-electron chi connectivity index (χ1n) is 8.54. The lowest BCUT2D eigenvalue weighted by atomic mass is 10.1. The molecule has 1 N–H and O–H groups in total. The summed E-state index contributed by atoms with van der Waals surface area (Å²) in [6.45, 7) is 6.27. The van der Waals surface area contributed by atoms with Crippen molar-refractivity contribution in [3.63, 3.8) is 0 Å². The Morgan fingerprint density at radius 1 is 1.28 bits per heavy atom. The van der Waals surface area contributed by atoms with Crippen LogP contribution in [0.2, 0.25) is 0 Å². The highest BCUT2D eigenvalue weighted by molar-refractivity contribution is 5.78. The molecule has 0 spiro atoms. The number of hydrogen-bond donors (Lipinski definition) is 1. The number of ether oxygens (including phenoxy) is 1. The van der Waals surface area contributed by atoms with Gasteiger partial charge in [0.25, 0.3) is 5.91 Å². The quantitative estimate of drug-likeness (QED) is 0.801. The molecule has 0 radical (unpaired) electrons. The van der Waals surface area contributed by atoms with Crippen LogP contribution in [0.4, 0.5) is 0 Å². The van der Waals surface area contributed by atoms with Gasteiger partial charge in [-0.3, -0.25) is 9.78 Å². The van der Waals surface area contributed by atoms with E-state index in [1.807, 2.05) is 51.1 Å². The predicted octanol–water partition coefficient (Wildman–Crippen LogP) is 2.88. The van der Waals surface area contributed by atoms with Crippen molar-refractivity contribution in [2.75, 3.05) is 13.2 Å². The lowest BCUT2D eigenvalue weighted by Crippen LogP contribution is -2.44. The molecule has 1 aromatic carbocycles. The Hall–Kier alpha value is -2.40. The van der Waals surface area contributed by atoms with Crippen molar-refractivity contribution in [3.05, 3.63) is 59.4 Å². The minimum Gasteiger partial charge on any atom is -0.484 e. The number of aliphatic hydroxyl groups is 1. The van der Waals surface area contributed by atoms with Gasteiger partial charge in [0, 0.05) is 18.9 Å². The zero-order valence-electron chi connectivity index (χ0n) is 15.1. The van der Waals surface area contributed by atoms with Gasteiger partial charge in [0.15, 0.2) is 6.61 Å². The molecule has 1 atom stereocenters. The minimum atomic E-state index is -0.240. The van der Waals surface area contributed by atoms with Gasteiger partial charge in [0.2, 0.25) is 0 Å². The first-order valence-corrected chi connectivity index (χ1v) is 8.54. The highest BCUT2D eigenvalue weighted by Crippen LogP contribution is 2.17. The molecule has 1 amide bonds. The van der Waals surface area contributed by atoms with Crippen molar-refractivity contribution >= 4 is 5.91 Å². The Bertz CT molecular complexity index is 685. The molecule has 134 valence electrons. The topological polar surface area (TPSA) is 62.7 Å². The fraction of sp³-hybridized carbons (Fsp3) is 0.400. The van der Waals surface area contributed by atoms with Gasteiger partial charge in [-0.25, -0.2) is 0 Å². The number of carbonyl (C=O) groups excluding carboxylic acids is 1. The summed E-state index contributed by atoms with van der Waals surface area (Å²) in [5, 5.41) is 9.63. The van der Waals surface area contributed by atoms with Crippen LogP contribution in [0, 0.1) is 13.8 Å². The van der Waals surface area contributed by atoms with Crippen molar-refractivity contribution in [1.82, 2.24) is 9.88 Å². The van der Waals surface area contributed by atoms with Gasteiger partial charge in [-0.1, -0.05) is 19.1 Å². The van der Waals surface area contributed by atoms with Crippen LogP contribution in [0.3, 0.4) is 0 Å². The van der Waals surface area contributed by atoms with Crippen molar-refractivity contribution in [2.24, 2.45) is 0 Å². The number of benzene rings is 1. The Balaban J connectivity index is 2.07. The summed E-state index contributed by atoms with van der Waals surface area (Å²) in [6, 6.07) is 9.29. The summed E-state index contributed by atoms with van der Waals surface area (Å²) < 4.78 is 5.67. The fourth-order valence-corrected chi connectivity index (χ4v) is 2.59.